The van der Waals surface area contributed by atoms with Crippen molar-refractivity contribution in [3.63, 3.8) is 0 Å². The molecule has 0 aliphatic carbocycles. The maximum atomic E-state index is 14.6. The summed E-state index contributed by atoms with van der Waals surface area (Å²) >= 11 is 6.15. The molecule has 2 aromatic carbocycles. The van der Waals surface area contributed by atoms with Crippen molar-refractivity contribution >= 4 is 28.4 Å². The SMILES string of the molecule is O=C(c1ccc(-c2ccc3c(Cl)ccnc3c2)c(F)c1)N1CCCC1. The number of carbonyl (C=O) groups excluding carboxylic acids is 1. The molecule has 1 fully saturated rings. The van der Waals surface area contributed by atoms with E-state index in [9.17, 15) is 9.18 Å². The van der Waals surface area contributed by atoms with Gasteiger partial charge in [0, 0.05) is 35.8 Å². The second-order valence-electron chi connectivity index (χ2n) is 6.22. The zero-order valence-corrected chi connectivity index (χ0v) is 14.3. The van der Waals surface area contributed by atoms with Gasteiger partial charge in [0.05, 0.1) is 10.5 Å². The number of hydrogen-bond acceptors (Lipinski definition) is 2. The highest BCUT2D eigenvalue weighted by molar-refractivity contribution is 6.35. The topological polar surface area (TPSA) is 33.2 Å². The lowest BCUT2D eigenvalue weighted by atomic mass is 10.0. The average Bonchev–Trinajstić information content (AvgIpc) is 3.15. The molecule has 0 unspecified atom stereocenters. The fourth-order valence-corrected chi connectivity index (χ4v) is 3.48. The number of carbonyl (C=O) groups is 1. The molecule has 3 nitrogen and oxygen atoms in total. The predicted molar refractivity (Wildman–Crippen MR) is 97.3 cm³/mol. The Morgan fingerprint density at radius 3 is 2.64 bits per heavy atom. The molecule has 3 aromatic rings. The molecule has 1 saturated heterocycles. The van der Waals surface area contributed by atoms with Gasteiger partial charge in [-0.3, -0.25) is 9.78 Å². The van der Waals surface area contributed by atoms with Crippen molar-refractivity contribution in [2.45, 2.75) is 12.8 Å². The molecule has 0 spiro atoms. The minimum absolute atomic E-state index is 0.102. The van der Waals surface area contributed by atoms with Crippen molar-refractivity contribution in [1.82, 2.24) is 9.88 Å². The summed E-state index contributed by atoms with van der Waals surface area (Å²) in [4.78, 5) is 18.5. The molecule has 0 saturated carbocycles. The lowest BCUT2D eigenvalue weighted by molar-refractivity contribution is 0.0792. The molecule has 0 radical (unpaired) electrons. The van der Waals surface area contributed by atoms with E-state index in [2.05, 4.69) is 4.98 Å². The van der Waals surface area contributed by atoms with Crippen LogP contribution in [0.3, 0.4) is 0 Å². The maximum Gasteiger partial charge on any atom is 0.253 e. The summed E-state index contributed by atoms with van der Waals surface area (Å²) in [5.74, 6) is -0.513. The van der Waals surface area contributed by atoms with Gasteiger partial charge < -0.3 is 4.90 Å². The van der Waals surface area contributed by atoms with E-state index in [1.165, 1.54) is 6.07 Å². The summed E-state index contributed by atoms with van der Waals surface area (Å²) in [6.45, 7) is 1.50. The van der Waals surface area contributed by atoms with Crippen molar-refractivity contribution in [3.05, 3.63) is 65.1 Å². The minimum atomic E-state index is -0.411. The van der Waals surface area contributed by atoms with E-state index in [0.29, 0.717) is 27.2 Å². The molecule has 1 aliphatic rings. The Labute approximate surface area is 150 Å². The number of hydrogen-bond donors (Lipinski definition) is 0. The summed E-state index contributed by atoms with van der Waals surface area (Å²) in [6.07, 6.45) is 3.65. The van der Waals surface area contributed by atoms with Crippen LogP contribution in [0.1, 0.15) is 23.2 Å². The van der Waals surface area contributed by atoms with Gasteiger partial charge in [0.15, 0.2) is 0 Å². The van der Waals surface area contributed by atoms with Gasteiger partial charge in [-0.05, 0) is 42.7 Å². The van der Waals surface area contributed by atoms with Gasteiger partial charge in [-0.1, -0.05) is 29.8 Å². The summed E-state index contributed by atoms with van der Waals surface area (Å²) in [7, 11) is 0. The molecule has 126 valence electrons. The van der Waals surface area contributed by atoms with E-state index in [4.69, 9.17) is 11.6 Å². The van der Waals surface area contributed by atoms with Gasteiger partial charge >= 0.3 is 0 Å². The van der Waals surface area contributed by atoms with Crippen LogP contribution in [0.25, 0.3) is 22.0 Å². The van der Waals surface area contributed by atoms with Gasteiger partial charge in [-0.15, -0.1) is 0 Å². The number of amides is 1. The van der Waals surface area contributed by atoms with Gasteiger partial charge in [0.1, 0.15) is 5.82 Å². The molecule has 5 heteroatoms. The third-order valence-corrected chi connectivity index (χ3v) is 4.94. The Bertz CT molecular complexity index is 967. The van der Waals surface area contributed by atoms with Gasteiger partial charge in [0.25, 0.3) is 5.91 Å². The molecule has 1 aliphatic heterocycles. The van der Waals surface area contributed by atoms with Gasteiger partial charge in [-0.2, -0.15) is 0 Å². The Morgan fingerprint density at radius 1 is 1.08 bits per heavy atom. The second-order valence-corrected chi connectivity index (χ2v) is 6.63. The zero-order chi connectivity index (χ0) is 17.4. The number of aromatic nitrogens is 1. The number of rotatable bonds is 2. The molecular weight excluding hydrogens is 339 g/mol. The fourth-order valence-electron chi connectivity index (χ4n) is 3.27. The molecule has 1 aromatic heterocycles. The molecular formula is C20H16ClFN2O. The lowest BCUT2D eigenvalue weighted by Crippen LogP contribution is -2.27. The van der Waals surface area contributed by atoms with Crippen LogP contribution in [0, 0.1) is 5.82 Å². The summed E-state index contributed by atoms with van der Waals surface area (Å²) in [5, 5.41) is 1.44. The first kappa shape index (κ1) is 16.0. The van der Waals surface area contributed by atoms with Crippen LogP contribution in [0.2, 0.25) is 5.02 Å². The molecule has 0 atom stereocenters. The fraction of sp³-hybridized carbons (Fsp3) is 0.200. The van der Waals surface area contributed by atoms with Crippen molar-refractivity contribution in [2.75, 3.05) is 13.1 Å². The second kappa shape index (κ2) is 6.45. The van der Waals surface area contributed by atoms with E-state index >= 15 is 0 Å². The highest BCUT2D eigenvalue weighted by Crippen LogP contribution is 2.29. The quantitative estimate of drug-likeness (QED) is 0.653. The number of pyridine rings is 1. The van der Waals surface area contributed by atoms with Crippen LogP contribution in [-0.4, -0.2) is 28.9 Å². The average molecular weight is 355 g/mol. The van der Waals surface area contributed by atoms with Crippen molar-refractivity contribution in [3.8, 4) is 11.1 Å². The van der Waals surface area contributed by atoms with Crippen LogP contribution >= 0.6 is 11.6 Å². The summed E-state index contributed by atoms with van der Waals surface area (Å²) in [5.41, 5.74) is 2.26. The Balaban J connectivity index is 1.70. The van der Waals surface area contributed by atoms with Gasteiger partial charge in [-0.25, -0.2) is 4.39 Å². The summed E-state index contributed by atoms with van der Waals surface area (Å²) in [6, 6.07) is 11.9. The number of nitrogens with zero attached hydrogens (tertiary/aromatic N) is 2. The smallest absolute Gasteiger partial charge is 0.253 e. The third-order valence-electron chi connectivity index (χ3n) is 4.61. The highest BCUT2D eigenvalue weighted by Gasteiger charge is 2.20. The molecule has 25 heavy (non-hydrogen) atoms. The number of likely N-dealkylation sites (tertiary alicyclic amines) is 1. The lowest BCUT2D eigenvalue weighted by Gasteiger charge is -2.15. The molecule has 0 bridgehead atoms. The first-order valence-corrected chi connectivity index (χ1v) is 8.65. The molecule has 0 N–H and O–H groups in total. The highest BCUT2D eigenvalue weighted by atomic mass is 35.5. The molecule has 4 rings (SSSR count). The van der Waals surface area contributed by atoms with E-state index in [1.807, 2.05) is 18.2 Å². The van der Waals surface area contributed by atoms with Crippen molar-refractivity contribution in [1.29, 1.82) is 0 Å². The predicted octanol–water partition coefficient (Wildman–Crippen LogP) is 4.93. The normalized spacial score (nSPS) is 14.2. The van der Waals surface area contributed by atoms with E-state index in [-0.39, 0.29) is 5.91 Å². The third kappa shape index (κ3) is 2.98. The monoisotopic (exact) mass is 354 g/mol. The number of halogens is 2. The van der Waals surface area contributed by atoms with Crippen LogP contribution < -0.4 is 0 Å². The van der Waals surface area contributed by atoms with Crippen LogP contribution in [0.4, 0.5) is 4.39 Å². The number of fused-ring (bicyclic) bond motifs is 1. The van der Waals surface area contributed by atoms with E-state index in [0.717, 1.165) is 31.3 Å². The maximum absolute atomic E-state index is 14.6. The molecule has 2 heterocycles. The van der Waals surface area contributed by atoms with E-state index in [1.54, 1.807) is 29.3 Å². The Kier molecular flexibility index (Phi) is 4.14. The minimum Gasteiger partial charge on any atom is -0.339 e. The zero-order valence-electron chi connectivity index (χ0n) is 13.5. The Hall–Kier alpha value is -2.46. The van der Waals surface area contributed by atoms with Crippen LogP contribution in [0.5, 0.6) is 0 Å². The van der Waals surface area contributed by atoms with Gasteiger partial charge in [0.2, 0.25) is 0 Å². The molecule has 1 amide bonds. The van der Waals surface area contributed by atoms with Crippen molar-refractivity contribution < 1.29 is 9.18 Å². The summed E-state index contributed by atoms with van der Waals surface area (Å²) < 4.78 is 14.6. The standard InChI is InChI=1S/C20H16ClFN2O/c21-17-7-8-23-19-12-13(3-6-16(17)19)15-5-4-14(11-18(15)22)20(25)24-9-1-2-10-24/h3-8,11-12H,1-2,9-10H2. The first-order valence-electron chi connectivity index (χ1n) is 8.27. The van der Waals surface area contributed by atoms with E-state index < -0.39 is 5.82 Å². The van der Waals surface area contributed by atoms with Crippen molar-refractivity contribution in [2.24, 2.45) is 0 Å². The number of benzene rings is 2. The van der Waals surface area contributed by atoms with Crippen LogP contribution in [0.15, 0.2) is 48.7 Å². The Morgan fingerprint density at radius 2 is 1.88 bits per heavy atom. The van der Waals surface area contributed by atoms with Crippen LogP contribution in [-0.2, 0) is 0 Å². The largest absolute Gasteiger partial charge is 0.339 e. The first-order chi connectivity index (χ1) is 12.1.